The second-order valence-corrected chi connectivity index (χ2v) is 4.63. The van der Waals surface area contributed by atoms with Gasteiger partial charge >= 0.3 is 0 Å². The second-order valence-electron chi connectivity index (χ2n) is 4.63. The van der Waals surface area contributed by atoms with Gasteiger partial charge in [-0.25, -0.2) is 0 Å². The second kappa shape index (κ2) is 8.77. The van der Waals surface area contributed by atoms with E-state index in [1.54, 1.807) is 6.92 Å². The Morgan fingerprint density at radius 2 is 2.05 bits per heavy atom. The van der Waals surface area contributed by atoms with Crippen molar-refractivity contribution in [3.63, 3.8) is 0 Å². The number of benzene rings is 1. The maximum absolute atomic E-state index is 9.26. The Balaban J connectivity index is 2.70. The minimum atomic E-state index is -0.340. The molecule has 1 atom stereocenters. The summed E-state index contributed by atoms with van der Waals surface area (Å²) in [5, 5.41) is 12.4. The molecule has 0 spiro atoms. The summed E-state index contributed by atoms with van der Waals surface area (Å²) in [4.78, 5) is 0. The van der Waals surface area contributed by atoms with Gasteiger partial charge in [-0.15, -0.1) is 0 Å². The van der Waals surface area contributed by atoms with Crippen molar-refractivity contribution >= 4 is 0 Å². The van der Waals surface area contributed by atoms with Crippen molar-refractivity contribution in [2.24, 2.45) is 0 Å². The van der Waals surface area contributed by atoms with Gasteiger partial charge in [-0.1, -0.05) is 13.0 Å². The molecule has 2 N–H and O–H groups in total. The average molecular weight is 267 g/mol. The fraction of sp³-hybridized carbons (Fsp3) is 0.600. The molecule has 0 fully saturated rings. The summed E-state index contributed by atoms with van der Waals surface area (Å²) in [6.45, 7) is 5.80. The zero-order valence-electron chi connectivity index (χ0n) is 12.1. The van der Waals surface area contributed by atoms with Crippen LogP contribution in [0, 0.1) is 0 Å². The summed E-state index contributed by atoms with van der Waals surface area (Å²) >= 11 is 0. The van der Waals surface area contributed by atoms with E-state index in [1.807, 2.05) is 25.2 Å². The molecule has 0 radical (unpaired) electrons. The maximum atomic E-state index is 9.26. The maximum Gasteiger partial charge on any atom is 0.127 e. The van der Waals surface area contributed by atoms with Crippen LogP contribution in [0.2, 0.25) is 0 Å². The molecular formula is C15H25NO3. The monoisotopic (exact) mass is 267 g/mol. The van der Waals surface area contributed by atoms with Gasteiger partial charge < -0.3 is 19.9 Å². The fourth-order valence-corrected chi connectivity index (χ4v) is 1.65. The fourth-order valence-electron chi connectivity index (χ4n) is 1.65. The van der Waals surface area contributed by atoms with Crippen LogP contribution >= 0.6 is 0 Å². The lowest BCUT2D eigenvalue weighted by Gasteiger charge is -2.14. The zero-order chi connectivity index (χ0) is 14.1. The summed E-state index contributed by atoms with van der Waals surface area (Å²) in [6.07, 6.45) is 1.27. The first-order chi connectivity index (χ1) is 9.17. The van der Waals surface area contributed by atoms with Crippen LogP contribution < -0.4 is 14.8 Å². The van der Waals surface area contributed by atoms with Crippen LogP contribution in [-0.4, -0.2) is 31.5 Å². The van der Waals surface area contributed by atoms with E-state index in [1.165, 1.54) is 0 Å². The van der Waals surface area contributed by atoms with Gasteiger partial charge in [0, 0.05) is 24.6 Å². The highest BCUT2D eigenvalue weighted by atomic mass is 16.5. The number of rotatable bonds is 9. The quantitative estimate of drug-likeness (QED) is 0.721. The highest BCUT2D eigenvalue weighted by Crippen LogP contribution is 2.25. The SMILES string of the molecule is CCCOc1ccc(CNC)c(OCCC(C)O)c1. The lowest BCUT2D eigenvalue weighted by molar-refractivity contribution is 0.155. The van der Waals surface area contributed by atoms with E-state index in [4.69, 9.17) is 9.47 Å². The van der Waals surface area contributed by atoms with Gasteiger partial charge in [0.15, 0.2) is 0 Å². The van der Waals surface area contributed by atoms with Crippen LogP contribution in [-0.2, 0) is 6.54 Å². The molecule has 0 aliphatic heterocycles. The van der Waals surface area contributed by atoms with E-state index in [9.17, 15) is 5.11 Å². The van der Waals surface area contributed by atoms with E-state index in [2.05, 4.69) is 12.2 Å². The molecule has 0 aliphatic rings. The predicted octanol–water partition coefficient (Wildman–Crippen LogP) is 2.34. The van der Waals surface area contributed by atoms with Crippen molar-refractivity contribution in [1.29, 1.82) is 0 Å². The third-order valence-corrected chi connectivity index (χ3v) is 2.67. The van der Waals surface area contributed by atoms with Crippen LogP contribution in [0.25, 0.3) is 0 Å². The highest BCUT2D eigenvalue weighted by molar-refractivity contribution is 5.40. The molecule has 0 amide bonds. The minimum absolute atomic E-state index is 0.340. The largest absolute Gasteiger partial charge is 0.493 e. The molecule has 4 nitrogen and oxygen atoms in total. The van der Waals surface area contributed by atoms with E-state index >= 15 is 0 Å². The lowest BCUT2D eigenvalue weighted by Crippen LogP contribution is -2.11. The van der Waals surface area contributed by atoms with Gasteiger partial charge in [0.05, 0.1) is 19.3 Å². The third-order valence-electron chi connectivity index (χ3n) is 2.67. The number of hydrogen-bond donors (Lipinski definition) is 2. The Bertz CT molecular complexity index is 366. The van der Waals surface area contributed by atoms with E-state index in [0.717, 1.165) is 30.0 Å². The number of hydrogen-bond acceptors (Lipinski definition) is 4. The summed E-state index contributed by atoms with van der Waals surface area (Å²) < 4.78 is 11.3. The normalized spacial score (nSPS) is 12.2. The van der Waals surface area contributed by atoms with Crippen LogP contribution in [0.5, 0.6) is 11.5 Å². The number of ether oxygens (including phenoxy) is 2. The molecule has 108 valence electrons. The first kappa shape index (κ1) is 15.8. The van der Waals surface area contributed by atoms with Crippen LogP contribution in [0.1, 0.15) is 32.3 Å². The lowest BCUT2D eigenvalue weighted by atomic mass is 10.2. The molecule has 0 heterocycles. The standard InChI is InChI=1S/C15H25NO3/c1-4-8-18-14-6-5-13(11-16-3)15(10-14)19-9-7-12(2)17/h5-6,10,12,16-17H,4,7-9,11H2,1-3H3. The van der Waals surface area contributed by atoms with Gasteiger partial charge in [-0.05, 0) is 26.5 Å². The Morgan fingerprint density at radius 1 is 1.26 bits per heavy atom. The van der Waals surface area contributed by atoms with Crippen molar-refractivity contribution in [2.75, 3.05) is 20.3 Å². The van der Waals surface area contributed by atoms with Crippen molar-refractivity contribution in [3.05, 3.63) is 23.8 Å². The van der Waals surface area contributed by atoms with Crippen molar-refractivity contribution in [1.82, 2.24) is 5.32 Å². The number of aliphatic hydroxyl groups excluding tert-OH is 1. The number of nitrogens with one attached hydrogen (secondary N) is 1. The van der Waals surface area contributed by atoms with Crippen molar-refractivity contribution in [2.45, 2.75) is 39.3 Å². The molecule has 4 heteroatoms. The Hall–Kier alpha value is -1.26. The molecule has 0 bridgehead atoms. The number of aliphatic hydroxyl groups is 1. The molecule has 0 aliphatic carbocycles. The minimum Gasteiger partial charge on any atom is -0.493 e. The van der Waals surface area contributed by atoms with Crippen LogP contribution in [0.3, 0.4) is 0 Å². The van der Waals surface area contributed by atoms with Gasteiger partial charge in [0.1, 0.15) is 11.5 Å². The van der Waals surface area contributed by atoms with Crippen molar-refractivity contribution in [3.8, 4) is 11.5 Å². The topological polar surface area (TPSA) is 50.7 Å². The van der Waals surface area contributed by atoms with Gasteiger partial charge in [-0.3, -0.25) is 0 Å². The molecule has 0 saturated heterocycles. The van der Waals surface area contributed by atoms with Crippen LogP contribution in [0.15, 0.2) is 18.2 Å². The third kappa shape index (κ3) is 5.94. The van der Waals surface area contributed by atoms with Crippen LogP contribution in [0.4, 0.5) is 0 Å². The Morgan fingerprint density at radius 3 is 2.68 bits per heavy atom. The average Bonchev–Trinajstić information content (AvgIpc) is 2.38. The predicted molar refractivity (Wildman–Crippen MR) is 76.8 cm³/mol. The summed E-state index contributed by atoms with van der Waals surface area (Å²) in [7, 11) is 1.90. The van der Waals surface area contributed by atoms with Gasteiger partial charge in [0.25, 0.3) is 0 Å². The van der Waals surface area contributed by atoms with Gasteiger partial charge in [-0.2, -0.15) is 0 Å². The molecule has 0 aromatic heterocycles. The molecule has 0 saturated carbocycles. The molecule has 19 heavy (non-hydrogen) atoms. The van der Waals surface area contributed by atoms with E-state index < -0.39 is 0 Å². The first-order valence-corrected chi connectivity index (χ1v) is 6.88. The summed E-state index contributed by atoms with van der Waals surface area (Å²) in [5.74, 6) is 1.65. The zero-order valence-corrected chi connectivity index (χ0v) is 12.1. The Kier molecular flexibility index (Phi) is 7.30. The van der Waals surface area contributed by atoms with Crippen molar-refractivity contribution < 1.29 is 14.6 Å². The smallest absolute Gasteiger partial charge is 0.127 e. The molecule has 1 aromatic carbocycles. The molecular weight excluding hydrogens is 242 g/mol. The molecule has 1 rings (SSSR count). The highest BCUT2D eigenvalue weighted by Gasteiger charge is 2.06. The molecule has 1 aromatic rings. The first-order valence-electron chi connectivity index (χ1n) is 6.88. The van der Waals surface area contributed by atoms with Gasteiger partial charge in [0.2, 0.25) is 0 Å². The summed E-state index contributed by atoms with van der Waals surface area (Å²) in [5.41, 5.74) is 1.09. The Labute approximate surface area is 115 Å². The van der Waals surface area contributed by atoms with E-state index in [0.29, 0.717) is 19.6 Å². The summed E-state index contributed by atoms with van der Waals surface area (Å²) in [6, 6.07) is 5.90. The van der Waals surface area contributed by atoms with E-state index in [-0.39, 0.29) is 6.10 Å². The molecule has 1 unspecified atom stereocenters.